The van der Waals surface area contributed by atoms with Crippen LogP contribution in [0.25, 0.3) is 0 Å². The third-order valence-electron chi connectivity index (χ3n) is 2.68. The zero-order chi connectivity index (χ0) is 14.8. The molecule has 2 aromatic rings. The molecule has 0 aliphatic carbocycles. The lowest BCUT2D eigenvalue weighted by Crippen LogP contribution is -2.14. The van der Waals surface area contributed by atoms with Crippen molar-refractivity contribution in [2.75, 3.05) is 4.72 Å². The second kappa shape index (κ2) is 5.88. The number of benzene rings is 1. The summed E-state index contributed by atoms with van der Waals surface area (Å²) < 4.78 is 39.8. The first kappa shape index (κ1) is 14.9. The number of sulfonamides is 1. The minimum atomic E-state index is -3.74. The predicted molar refractivity (Wildman–Crippen MR) is 78.5 cm³/mol. The highest BCUT2D eigenvalue weighted by molar-refractivity contribution is 9.10. The molecule has 1 aromatic carbocycles. The number of hydrogen-bond donors (Lipinski definition) is 1. The Balaban J connectivity index is 2.30. The summed E-state index contributed by atoms with van der Waals surface area (Å²) in [5.74, 6) is -0.502. The highest BCUT2D eigenvalue weighted by atomic mass is 79.9. The summed E-state index contributed by atoms with van der Waals surface area (Å²) in [5, 5.41) is 0. The van der Waals surface area contributed by atoms with Gasteiger partial charge in [0, 0.05) is 0 Å². The second-order valence-electron chi connectivity index (χ2n) is 4.09. The maximum absolute atomic E-state index is 12.9. The van der Waals surface area contributed by atoms with E-state index in [2.05, 4.69) is 25.6 Å². The SMILES string of the molecule is CCc1ccc(S(=O)(=O)Nc2ncc(F)cc2Br)cc1. The van der Waals surface area contributed by atoms with Crippen LogP contribution >= 0.6 is 15.9 Å². The highest BCUT2D eigenvalue weighted by Crippen LogP contribution is 2.23. The van der Waals surface area contributed by atoms with Gasteiger partial charge in [-0.3, -0.25) is 4.72 Å². The van der Waals surface area contributed by atoms with Crippen LogP contribution in [0.1, 0.15) is 12.5 Å². The molecule has 1 aromatic heterocycles. The fraction of sp³-hybridized carbons (Fsp3) is 0.154. The first-order valence-corrected chi connectivity index (χ1v) is 8.13. The van der Waals surface area contributed by atoms with Crippen LogP contribution < -0.4 is 4.72 Å². The van der Waals surface area contributed by atoms with Crippen LogP contribution in [-0.4, -0.2) is 13.4 Å². The topological polar surface area (TPSA) is 59.1 Å². The van der Waals surface area contributed by atoms with Gasteiger partial charge in [0.2, 0.25) is 0 Å². The molecule has 0 saturated heterocycles. The van der Waals surface area contributed by atoms with Crippen molar-refractivity contribution in [3.05, 3.63) is 52.4 Å². The number of rotatable bonds is 4. The van der Waals surface area contributed by atoms with Crippen molar-refractivity contribution < 1.29 is 12.8 Å². The van der Waals surface area contributed by atoms with Crippen LogP contribution in [-0.2, 0) is 16.4 Å². The van der Waals surface area contributed by atoms with Gasteiger partial charge in [0.15, 0.2) is 5.82 Å². The van der Waals surface area contributed by atoms with E-state index in [-0.39, 0.29) is 15.2 Å². The van der Waals surface area contributed by atoms with Crippen molar-refractivity contribution in [2.24, 2.45) is 0 Å². The third kappa shape index (κ3) is 3.34. The molecule has 0 aliphatic rings. The number of nitrogens with one attached hydrogen (secondary N) is 1. The molecule has 0 fully saturated rings. The maximum atomic E-state index is 12.9. The lowest BCUT2D eigenvalue weighted by molar-refractivity contribution is 0.600. The Morgan fingerprint density at radius 1 is 1.30 bits per heavy atom. The standard InChI is InChI=1S/C13H12BrFN2O2S/c1-2-9-3-5-11(6-4-9)20(18,19)17-13-12(14)7-10(15)8-16-13/h3-8H,2H2,1H3,(H,16,17). The van der Waals surface area contributed by atoms with Crippen LogP contribution in [0.3, 0.4) is 0 Å². The molecule has 0 radical (unpaired) electrons. The van der Waals surface area contributed by atoms with Crippen molar-refractivity contribution in [2.45, 2.75) is 18.2 Å². The molecule has 0 bridgehead atoms. The van der Waals surface area contributed by atoms with Gasteiger partial charge in [0.1, 0.15) is 5.82 Å². The first-order valence-electron chi connectivity index (χ1n) is 5.85. The smallest absolute Gasteiger partial charge is 0.262 e. The summed E-state index contributed by atoms with van der Waals surface area (Å²) in [4.78, 5) is 3.84. The van der Waals surface area contributed by atoms with E-state index in [0.717, 1.165) is 24.2 Å². The Morgan fingerprint density at radius 3 is 2.50 bits per heavy atom. The molecular formula is C13H12BrFN2O2S. The highest BCUT2D eigenvalue weighted by Gasteiger charge is 2.16. The molecular weight excluding hydrogens is 347 g/mol. The van der Waals surface area contributed by atoms with E-state index in [1.807, 2.05) is 6.92 Å². The monoisotopic (exact) mass is 358 g/mol. The van der Waals surface area contributed by atoms with E-state index in [0.29, 0.717) is 0 Å². The predicted octanol–water partition coefficient (Wildman–Crippen LogP) is 3.35. The van der Waals surface area contributed by atoms with Gasteiger partial charge < -0.3 is 0 Å². The van der Waals surface area contributed by atoms with Crippen molar-refractivity contribution >= 4 is 31.8 Å². The van der Waals surface area contributed by atoms with Gasteiger partial charge in [-0.15, -0.1) is 0 Å². The van der Waals surface area contributed by atoms with Gasteiger partial charge >= 0.3 is 0 Å². The van der Waals surface area contributed by atoms with E-state index < -0.39 is 15.8 Å². The molecule has 20 heavy (non-hydrogen) atoms. The number of halogens is 2. The molecule has 106 valence electrons. The Morgan fingerprint density at radius 2 is 1.95 bits per heavy atom. The van der Waals surface area contributed by atoms with Crippen molar-refractivity contribution in [1.29, 1.82) is 0 Å². The van der Waals surface area contributed by atoms with E-state index in [4.69, 9.17) is 0 Å². The first-order chi connectivity index (χ1) is 9.42. The van der Waals surface area contributed by atoms with Gasteiger partial charge in [-0.2, -0.15) is 0 Å². The van der Waals surface area contributed by atoms with Crippen molar-refractivity contribution in [3.63, 3.8) is 0 Å². The molecule has 2 rings (SSSR count). The van der Waals surface area contributed by atoms with Gasteiger partial charge in [0.05, 0.1) is 15.6 Å². The molecule has 0 aliphatic heterocycles. The fourth-order valence-corrected chi connectivity index (χ4v) is 3.16. The van der Waals surface area contributed by atoms with Gasteiger partial charge in [-0.05, 0) is 46.1 Å². The Kier molecular flexibility index (Phi) is 4.39. The Bertz CT molecular complexity index is 718. The minimum Gasteiger partial charge on any atom is -0.262 e. The Labute approximate surface area is 125 Å². The molecule has 1 N–H and O–H groups in total. The van der Waals surface area contributed by atoms with Crippen LogP contribution in [0.4, 0.5) is 10.2 Å². The summed E-state index contributed by atoms with van der Waals surface area (Å²) in [7, 11) is -3.74. The normalized spacial score (nSPS) is 11.3. The van der Waals surface area contributed by atoms with Crippen molar-refractivity contribution in [1.82, 2.24) is 4.98 Å². The van der Waals surface area contributed by atoms with E-state index in [9.17, 15) is 12.8 Å². The molecule has 7 heteroatoms. The summed E-state index contributed by atoms with van der Waals surface area (Å²) >= 11 is 3.07. The van der Waals surface area contributed by atoms with Gasteiger partial charge in [0.25, 0.3) is 10.0 Å². The summed E-state index contributed by atoms with van der Waals surface area (Å²) in [6.45, 7) is 1.99. The van der Waals surface area contributed by atoms with Crippen LogP contribution in [0.5, 0.6) is 0 Å². The fourth-order valence-electron chi connectivity index (χ4n) is 1.58. The summed E-state index contributed by atoms with van der Waals surface area (Å²) in [5.41, 5.74) is 1.05. The molecule has 1 heterocycles. The number of aryl methyl sites for hydroxylation is 1. The maximum Gasteiger partial charge on any atom is 0.263 e. The second-order valence-corrected chi connectivity index (χ2v) is 6.62. The quantitative estimate of drug-likeness (QED) is 0.911. The number of nitrogens with zero attached hydrogens (tertiary/aromatic N) is 1. The Hall–Kier alpha value is -1.47. The molecule has 0 atom stereocenters. The van der Waals surface area contributed by atoms with Crippen LogP contribution in [0, 0.1) is 5.82 Å². The third-order valence-corrected chi connectivity index (χ3v) is 4.64. The van der Waals surface area contributed by atoms with E-state index >= 15 is 0 Å². The zero-order valence-corrected chi connectivity index (χ0v) is 13.0. The summed E-state index contributed by atoms with van der Waals surface area (Å²) in [6, 6.07) is 7.70. The molecule has 0 saturated carbocycles. The zero-order valence-electron chi connectivity index (χ0n) is 10.6. The number of aromatic nitrogens is 1. The molecule has 0 unspecified atom stereocenters. The molecule has 0 spiro atoms. The average Bonchev–Trinajstić information content (AvgIpc) is 2.42. The van der Waals surface area contributed by atoms with E-state index in [1.54, 1.807) is 12.1 Å². The van der Waals surface area contributed by atoms with Crippen LogP contribution in [0.2, 0.25) is 0 Å². The minimum absolute atomic E-state index is 0.0472. The van der Waals surface area contributed by atoms with Gasteiger partial charge in [-0.1, -0.05) is 19.1 Å². The lowest BCUT2D eigenvalue weighted by Gasteiger charge is -2.09. The molecule has 4 nitrogen and oxygen atoms in total. The van der Waals surface area contributed by atoms with Crippen LogP contribution in [0.15, 0.2) is 45.9 Å². The van der Waals surface area contributed by atoms with Gasteiger partial charge in [-0.25, -0.2) is 17.8 Å². The largest absolute Gasteiger partial charge is 0.263 e. The number of anilines is 1. The lowest BCUT2D eigenvalue weighted by atomic mass is 10.2. The summed E-state index contributed by atoms with van der Waals surface area (Å²) in [6.07, 6.45) is 1.78. The molecule has 0 amide bonds. The number of hydrogen-bond acceptors (Lipinski definition) is 3. The number of pyridine rings is 1. The van der Waals surface area contributed by atoms with E-state index in [1.165, 1.54) is 12.1 Å². The average molecular weight is 359 g/mol. The van der Waals surface area contributed by atoms with Crippen molar-refractivity contribution in [3.8, 4) is 0 Å².